The molecule has 0 aliphatic carbocycles. The number of rotatable bonds is 5. The second kappa shape index (κ2) is 8.15. The second-order valence-electron chi connectivity index (χ2n) is 6.79. The Morgan fingerprint density at radius 2 is 2.13 bits per heavy atom. The van der Waals surface area contributed by atoms with E-state index in [1.165, 1.54) is 12.4 Å². The van der Waals surface area contributed by atoms with E-state index in [0.29, 0.717) is 22.3 Å². The number of methoxy groups -OCH3 is 1. The first kappa shape index (κ1) is 19.9. The van der Waals surface area contributed by atoms with Crippen molar-refractivity contribution in [2.24, 2.45) is 7.05 Å². The van der Waals surface area contributed by atoms with Gasteiger partial charge in [0.25, 0.3) is 11.6 Å². The third-order valence-electron chi connectivity index (χ3n) is 4.92. The maximum absolute atomic E-state index is 13.3. The number of nitrogens with zero attached hydrogens (tertiary/aromatic N) is 5. The van der Waals surface area contributed by atoms with Crippen molar-refractivity contribution in [2.45, 2.75) is 22.9 Å². The minimum absolute atomic E-state index is 0.147. The van der Waals surface area contributed by atoms with Crippen molar-refractivity contribution < 1.29 is 14.5 Å². The smallest absolute Gasteiger partial charge is 0.284 e. The topological polar surface area (TPSA) is 103 Å². The molecule has 0 bridgehead atoms. The Hall–Kier alpha value is -3.40. The Bertz CT molecular complexity index is 1120. The summed E-state index contributed by atoms with van der Waals surface area (Å²) in [4.78, 5) is 26.5. The molecule has 1 aromatic heterocycles. The second-order valence-corrected chi connectivity index (χ2v) is 7.80. The Morgan fingerprint density at radius 1 is 1.30 bits per heavy atom. The lowest BCUT2D eigenvalue weighted by Crippen LogP contribution is -2.35. The molecule has 0 saturated heterocycles. The molecule has 10 heteroatoms. The number of benzene rings is 2. The highest BCUT2D eigenvalue weighted by Gasteiger charge is 2.28. The number of aromatic nitrogens is 3. The van der Waals surface area contributed by atoms with Gasteiger partial charge in [0.15, 0.2) is 5.16 Å². The van der Waals surface area contributed by atoms with Crippen LogP contribution < -0.4 is 9.64 Å². The van der Waals surface area contributed by atoms with Gasteiger partial charge in [0.1, 0.15) is 12.1 Å². The number of nitro benzene ring substituents is 1. The van der Waals surface area contributed by atoms with Crippen LogP contribution in [0.2, 0.25) is 0 Å². The Balaban J connectivity index is 1.70. The first-order valence-corrected chi connectivity index (χ1v) is 10.1. The normalized spacial score (nSPS) is 13.1. The number of fused-ring (bicyclic) bond motifs is 1. The van der Waals surface area contributed by atoms with Gasteiger partial charge in [0, 0.05) is 25.2 Å². The number of hydrogen-bond acceptors (Lipinski definition) is 7. The molecule has 0 fully saturated rings. The van der Waals surface area contributed by atoms with Crippen LogP contribution in [0.25, 0.3) is 0 Å². The van der Waals surface area contributed by atoms with Crippen molar-refractivity contribution in [1.82, 2.24) is 14.8 Å². The molecule has 0 unspecified atom stereocenters. The average molecular weight is 425 g/mol. The number of ether oxygens (including phenoxy) is 1. The lowest BCUT2D eigenvalue weighted by Gasteiger charge is -2.31. The standard InChI is InChI=1S/C20H19N5O4S/c1-23-12-21-22-20(23)30-17-9-8-14(11-15(17)25(27)28)19(26)24-10-4-6-13-5-3-7-16(29-2)18(13)24/h3,5,7-9,11-12H,4,6,10H2,1-2H3. The summed E-state index contributed by atoms with van der Waals surface area (Å²) in [7, 11) is 3.32. The number of hydrogen-bond donors (Lipinski definition) is 0. The van der Waals surface area contributed by atoms with Crippen LogP contribution >= 0.6 is 11.8 Å². The fraction of sp³-hybridized carbons (Fsp3) is 0.250. The predicted octanol–water partition coefficient (Wildman–Crippen LogP) is 3.48. The summed E-state index contributed by atoms with van der Waals surface area (Å²) in [5, 5.41) is 19.9. The minimum Gasteiger partial charge on any atom is -0.495 e. The lowest BCUT2D eigenvalue weighted by molar-refractivity contribution is -0.387. The van der Waals surface area contributed by atoms with E-state index in [4.69, 9.17) is 4.74 Å². The number of anilines is 1. The highest BCUT2D eigenvalue weighted by molar-refractivity contribution is 7.99. The molecular weight excluding hydrogens is 406 g/mol. The summed E-state index contributed by atoms with van der Waals surface area (Å²) in [6.45, 7) is 0.523. The maximum Gasteiger partial charge on any atom is 0.284 e. The molecule has 2 heterocycles. The molecule has 154 valence electrons. The number of aryl methyl sites for hydroxylation is 2. The monoisotopic (exact) mass is 425 g/mol. The summed E-state index contributed by atoms with van der Waals surface area (Å²) in [6, 6.07) is 10.2. The zero-order chi connectivity index (χ0) is 21.3. The van der Waals surface area contributed by atoms with Gasteiger partial charge in [-0.25, -0.2) is 0 Å². The van der Waals surface area contributed by atoms with Crippen molar-refractivity contribution in [1.29, 1.82) is 0 Å². The van der Waals surface area contributed by atoms with Gasteiger partial charge in [-0.1, -0.05) is 12.1 Å². The zero-order valence-electron chi connectivity index (χ0n) is 16.4. The molecule has 0 saturated carbocycles. The van der Waals surface area contributed by atoms with Crippen LogP contribution in [0, 0.1) is 10.1 Å². The Labute approximate surface area is 176 Å². The fourth-order valence-electron chi connectivity index (χ4n) is 3.48. The first-order valence-electron chi connectivity index (χ1n) is 9.27. The number of carbonyl (C=O) groups is 1. The summed E-state index contributed by atoms with van der Waals surface area (Å²) >= 11 is 1.13. The van der Waals surface area contributed by atoms with E-state index in [0.717, 1.165) is 35.9 Å². The van der Waals surface area contributed by atoms with E-state index >= 15 is 0 Å². The molecule has 30 heavy (non-hydrogen) atoms. The summed E-state index contributed by atoms with van der Waals surface area (Å²) in [6.07, 6.45) is 3.19. The highest BCUT2D eigenvalue weighted by atomic mass is 32.2. The van der Waals surface area contributed by atoms with Crippen molar-refractivity contribution in [2.75, 3.05) is 18.6 Å². The quantitative estimate of drug-likeness (QED) is 0.455. The number of para-hydroxylation sites is 1. The van der Waals surface area contributed by atoms with Gasteiger partial charge in [-0.15, -0.1) is 10.2 Å². The summed E-state index contributed by atoms with van der Waals surface area (Å²) < 4.78 is 7.13. The van der Waals surface area contributed by atoms with Gasteiger partial charge in [-0.2, -0.15) is 0 Å². The van der Waals surface area contributed by atoms with Gasteiger partial charge in [0.05, 0.1) is 22.6 Å². The van der Waals surface area contributed by atoms with E-state index < -0.39 is 4.92 Å². The lowest BCUT2D eigenvalue weighted by atomic mass is 10.00. The number of nitro groups is 1. The van der Waals surface area contributed by atoms with E-state index in [9.17, 15) is 14.9 Å². The maximum atomic E-state index is 13.3. The largest absolute Gasteiger partial charge is 0.495 e. The van der Waals surface area contributed by atoms with Crippen LogP contribution in [0.15, 0.2) is 52.8 Å². The Morgan fingerprint density at radius 3 is 2.83 bits per heavy atom. The van der Waals surface area contributed by atoms with Crippen LogP contribution in [-0.2, 0) is 13.5 Å². The molecule has 0 N–H and O–H groups in total. The van der Waals surface area contributed by atoms with Gasteiger partial charge in [-0.05, 0) is 48.4 Å². The molecule has 0 radical (unpaired) electrons. The van der Waals surface area contributed by atoms with Gasteiger partial charge in [0.2, 0.25) is 0 Å². The minimum atomic E-state index is -0.486. The predicted molar refractivity (Wildman–Crippen MR) is 111 cm³/mol. The van der Waals surface area contributed by atoms with Crippen LogP contribution in [0.1, 0.15) is 22.3 Å². The van der Waals surface area contributed by atoms with Crippen molar-refractivity contribution in [3.8, 4) is 5.75 Å². The highest BCUT2D eigenvalue weighted by Crippen LogP contribution is 2.38. The molecule has 0 atom stereocenters. The van der Waals surface area contributed by atoms with Crippen LogP contribution in [0.4, 0.5) is 11.4 Å². The zero-order valence-corrected chi connectivity index (χ0v) is 17.3. The van der Waals surface area contributed by atoms with Crippen LogP contribution in [0.3, 0.4) is 0 Å². The third kappa shape index (κ3) is 3.61. The van der Waals surface area contributed by atoms with Crippen LogP contribution in [-0.4, -0.2) is 39.2 Å². The number of carbonyl (C=O) groups excluding carboxylic acids is 1. The van der Waals surface area contributed by atoms with Gasteiger partial charge < -0.3 is 14.2 Å². The van der Waals surface area contributed by atoms with Crippen molar-refractivity contribution in [3.05, 3.63) is 64.0 Å². The van der Waals surface area contributed by atoms with Gasteiger partial charge in [-0.3, -0.25) is 14.9 Å². The molecule has 1 aliphatic rings. The fourth-order valence-corrected chi connectivity index (χ4v) is 4.33. The average Bonchev–Trinajstić information content (AvgIpc) is 3.16. The van der Waals surface area contributed by atoms with E-state index in [2.05, 4.69) is 10.2 Å². The van der Waals surface area contributed by atoms with E-state index in [1.54, 1.807) is 35.8 Å². The SMILES string of the molecule is COc1cccc2c1N(C(=O)c1ccc(Sc3nncn3C)c([N+](=O)[O-])c1)CCC2. The molecule has 3 aromatic rings. The molecule has 9 nitrogen and oxygen atoms in total. The van der Waals surface area contributed by atoms with E-state index in [1.807, 2.05) is 18.2 Å². The molecule has 4 rings (SSSR count). The van der Waals surface area contributed by atoms with Gasteiger partial charge >= 0.3 is 0 Å². The summed E-state index contributed by atoms with van der Waals surface area (Å²) in [5.41, 5.74) is 1.86. The van der Waals surface area contributed by atoms with E-state index in [-0.39, 0.29) is 17.2 Å². The van der Waals surface area contributed by atoms with Crippen LogP contribution in [0.5, 0.6) is 5.75 Å². The molecule has 2 aromatic carbocycles. The molecule has 1 amide bonds. The van der Waals surface area contributed by atoms with Crippen molar-refractivity contribution >= 4 is 29.0 Å². The molecule has 1 aliphatic heterocycles. The summed E-state index contributed by atoms with van der Waals surface area (Å²) in [5.74, 6) is 0.322. The molecule has 0 spiro atoms. The molecular formula is C20H19N5O4S. The van der Waals surface area contributed by atoms with Crippen molar-refractivity contribution in [3.63, 3.8) is 0 Å². The first-order chi connectivity index (χ1) is 14.5. The third-order valence-corrected chi connectivity index (χ3v) is 6.04. The Kier molecular flexibility index (Phi) is 5.40. The number of amides is 1.